The third-order valence-electron chi connectivity index (χ3n) is 3.89. The molecule has 118 valence electrons. The quantitative estimate of drug-likeness (QED) is 0.878. The highest BCUT2D eigenvalue weighted by molar-refractivity contribution is 5.85. The Morgan fingerprint density at radius 2 is 2.19 bits per heavy atom. The van der Waals surface area contributed by atoms with Gasteiger partial charge in [0.05, 0.1) is 7.11 Å². The first-order valence-corrected chi connectivity index (χ1v) is 7.30. The molecule has 0 bridgehead atoms. The molecule has 1 aliphatic rings. The van der Waals surface area contributed by atoms with E-state index in [9.17, 15) is 4.79 Å². The van der Waals surface area contributed by atoms with Crippen molar-refractivity contribution >= 4 is 18.3 Å². The van der Waals surface area contributed by atoms with Crippen LogP contribution in [0.1, 0.15) is 31.2 Å². The van der Waals surface area contributed by atoms with Crippen molar-refractivity contribution in [3.8, 4) is 5.75 Å². The number of methoxy groups -OCH3 is 1. The second kappa shape index (κ2) is 8.90. The fourth-order valence-corrected chi connectivity index (χ4v) is 2.67. The fraction of sp³-hybridized carbons (Fsp3) is 0.562. The minimum Gasteiger partial charge on any atom is -0.496 e. The van der Waals surface area contributed by atoms with E-state index in [-0.39, 0.29) is 18.3 Å². The number of ether oxygens (including phenoxy) is 1. The van der Waals surface area contributed by atoms with Crippen LogP contribution in [0.25, 0.3) is 0 Å². The van der Waals surface area contributed by atoms with Crippen LogP contribution >= 0.6 is 12.4 Å². The number of hydrogen-bond donors (Lipinski definition) is 1. The van der Waals surface area contributed by atoms with Gasteiger partial charge in [-0.05, 0) is 31.9 Å². The van der Waals surface area contributed by atoms with E-state index in [1.807, 2.05) is 31.3 Å². The van der Waals surface area contributed by atoms with E-state index < -0.39 is 0 Å². The summed E-state index contributed by atoms with van der Waals surface area (Å²) in [7, 11) is 3.52. The Labute approximate surface area is 133 Å². The van der Waals surface area contributed by atoms with E-state index in [0.717, 1.165) is 24.3 Å². The van der Waals surface area contributed by atoms with Crippen LogP contribution in [0.15, 0.2) is 24.3 Å². The van der Waals surface area contributed by atoms with Gasteiger partial charge in [-0.25, -0.2) is 0 Å². The molecule has 0 radical (unpaired) electrons. The monoisotopic (exact) mass is 312 g/mol. The van der Waals surface area contributed by atoms with Crippen LogP contribution < -0.4 is 10.1 Å². The molecule has 1 aromatic carbocycles. The van der Waals surface area contributed by atoms with Gasteiger partial charge in [0.15, 0.2) is 0 Å². The van der Waals surface area contributed by atoms with E-state index in [0.29, 0.717) is 19.0 Å². The van der Waals surface area contributed by atoms with Crippen LogP contribution in [0, 0.1) is 0 Å². The van der Waals surface area contributed by atoms with Gasteiger partial charge < -0.3 is 15.0 Å². The molecule has 1 fully saturated rings. The first-order valence-electron chi connectivity index (χ1n) is 7.30. The summed E-state index contributed by atoms with van der Waals surface area (Å²) in [5.41, 5.74) is 1.05. The highest BCUT2D eigenvalue weighted by Crippen LogP contribution is 2.19. The second-order valence-corrected chi connectivity index (χ2v) is 5.39. The van der Waals surface area contributed by atoms with Crippen LogP contribution in [-0.2, 0) is 11.3 Å². The van der Waals surface area contributed by atoms with Gasteiger partial charge in [0.25, 0.3) is 0 Å². The Balaban J connectivity index is 0.00000220. The lowest BCUT2D eigenvalue weighted by atomic mass is 10.1. The number of halogens is 1. The van der Waals surface area contributed by atoms with E-state index >= 15 is 0 Å². The summed E-state index contributed by atoms with van der Waals surface area (Å²) in [5.74, 6) is 1.04. The summed E-state index contributed by atoms with van der Waals surface area (Å²) >= 11 is 0. The Hall–Kier alpha value is -1.26. The lowest BCUT2D eigenvalue weighted by Gasteiger charge is -2.19. The SMILES string of the molecule is COc1ccccc1CN(C)C(=O)CCC1CCCN1.Cl. The van der Waals surface area contributed by atoms with Crippen molar-refractivity contribution in [2.75, 3.05) is 20.7 Å². The maximum absolute atomic E-state index is 12.2. The largest absolute Gasteiger partial charge is 0.496 e. The number of carbonyl (C=O) groups is 1. The van der Waals surface area contributed by atoms with Crippen LogP contribution in [0.3, 0.4) is 0 Å². The molecular formula is C16H25ClN2O2. The molecule has 1 unspecified atom stereocenters. The predicted octanol–water partition coefficient (Wildman–Crippen LogP) is 2.61. The number of carbonyl (C=O) groups excluding carboxylic acids is 1. The minimum atomic E-state index is 0. The average molecular weight is 313 g/mol. The summed E-state index contributed by atoms with van der Waals surface area (Å²) in [6.45, 7) is 1.69. The van der Waals surface area contributed by atoms with Crippen LogP contribution in [0.4, 0.5) is 0 Å². The number of hydrogen-bond acceptors (Lipinski definition) is 3. The Bertz CT molecular complexity index is 448. The normalized spacial score (nSPS) is 17.1. The molecule has 5 heteroatoms. The van der Waals surface area contributed by atoms with Gasteiger partial charge in [-0.2, -0.15) is 0 Å². The lowest BCUT2D eigenvalue weighted by Crippen LogP contribution is -2.29. The maximum atomic E-state index is 12.2. The fourth-order valence-electron chi connectivity index (χ4n) is 2.67. The summed E-state index contributed by atoms with van der Waals surface area (Å²) in [5, 5.41) is 3.43. The number of benzene rings is 1. The highest BCUT2D eigenvalue weighted by atomic mass is 35.5. The Kier molecular flexibility index (Phi) is 7.54. The van der Waals surface area contributed by atoms with Gasteiger partial charge in [-0.1, -0.05) is 18.2 Å². The summed E-state index contributed by atoms with van der Waals surface area (Å²) in [6.07, 6.45) is 3.98. The maximum Gasteiger partial charge on any atom is 0.222 e. The van der Waals surface area contributed by atoms with Crippen molar-refractivity contribution in [1.29, 1.82) is 0 Å². The Morgan fingerprint density at radius 1 is 1.43 bits per heavy atom. The van der Waals surface area contributed by atoms with Gasteiger partial charge >= 0.3 is 0 Å². The van der Waals surface area contributed by atoms with Crippen molar-refractivity contribution in [3.63, 3.8) is 0 Å². The third-order valence-corrected chi connectivity index (χ3v) is 3.89. The van der Waals surface area contributed by atoms with Crippen molar-refractivity contribution in [3.05, 3.63) is 29.8 Å². The molecule has 0 saturated carbocycles. The predicted molar refractivity (Wildman–Crippen MR) is 87.0 cm³/mol. The van der Waals surface area contributed by atoms with Gasteiger partial charge in [-0.15, -0.1) is 12.4 Å². The molecule has 0 aromatic heterocycles. The first-order chi connectivity index (χ1) is 9.70. The molecule has 1 atom stereocenters. The van der Waals surface area contributed by atoms with E-state index in [4.69, 9.17) is 4.74 Å². The van der Waals surface area contributed by atoms with Gasteiger partial charge in [0.2, 0.25) is 5.91 Å². The van der Waals surface area contributed by atoms with Gasteiger partial charge in [-0.3, -0.25) is 4.79 Å². The molecule has 0 spiro atoms. The summed E-state index contributed by atoms with van der Waals surface area (Å²) in [6, 6.07) is 8.37. The molecular weight excluding hydrogens is 288 g/mol. The molecule has 21 heavy (non-hydrogen) atoms. The third kappa shape index (κ3) is 5.21. The highest BCUT2D eigenvalue weighted by Gasteiger charge is 2.17. The number of amides is 1. The molecule has 1 aliphatic heterocycles. The van der Waals surface area contributed by atoms with E-state index in [2.05, 4.69) is 5.32 Å². The molecule has 1 aromatic rings. The first kappa shape index (κ1) is 17.8. The zero-order chi connectivity index (χ0) is 14.4. The van der Waals surface area contributed by atoms with Crippen molar-refractivity contribution < 1.29 is 9.53 Å². The zero-order valence-electron chi connectivity index (χ0n) is 12.8. The number of nitrogens with zero attached hydrogens (tertiary/aromatic N) is 1. The molecule has 2 rings (SSSR count). The van der Waals surface area contributed by atoms with Crippen molar-refractivity contribution in [1.82, 2.24) is 10.2 Å². The molecule has 1 N–H and O–H groups in total. The van der Waals surface area contributed by atoms with Crippen molar-refractivity contribution in [2.24, 2.45) is 0 Å². The van der Waals surface area contributed by atoms with Crippen LogP contribution in [0.5, 0.6) is 5.75 Å². The standard InChI is InChI=1S/C16H24N2O2.ClH/c1-18(12-13-6-3-4-8-15(13)20-2)16(19)10-9-14-7-5-11-17-14;/h3-4,6,8,14,17H,5,7,9-12H2,1-2H3;1H. The zero-order valence-corrected chi connectivity index (χ0v) is 13.6. The average Bonchev–Trinajstić information content (AvgIpc) is 2.98. The van der Waals surface area contributed by atoms with Crippen LogP contribution in [-0.4, -0.2) is 37.6 Å². The van der Waals surface area contributed by atoms with Gasteiger partial charge in [0.1, 0.15) is 5.75 Å². The Morgan fingerprint density at radius 3 is 2.86 bits per heavy atom. The molecule has 1 amide bonds. The van der Waals surface area contributed by atoms with E-state index in [1.54, 1.807) is 12.0 Å². The summed E-state index contributed by atoms with van der Waals surface area (Å²) in [4.78, 5) is 13.9. The number of nitrogens with one attached hydrogen (secondary N) is 1. The summed E-state index contributed by atoms with van der Waals surface area (Å²) < 4.78 is 5.32. The van der Waals surface area contributed by atoms with E-state index in [1.165, 1.54) is 12.8 Å². The second-order valence-electron chi connectivity index (χ2n) is 5.39. The lowest BCUT2D eigenvalue weighted by molar-refractivity contribution is -0.130. The smallest absolute Gasteiger partial charge is 0.222 e. The number of rotatable bonds is 6. The van der Waals surface area contributed by atoms with Crippen molar-refractivity contribution in [2.45, 2.75) is 38.3 Å². The topological polar surface area (TPSA) is 41.6 Å². The minimum absolute atomic E-state index is 0. The molecule has 4 nitrogen and oxygen atoms in total. The molecule has 1 heterocycles. The number of para-hydroxylation sites is 1. The molecule has 0 aliphatic carbocycles. The molecule has 1 saturated heterocycles. The van der Waals surface area contributed by atoms with Crippen LogP contribution in [0.2, 0.25) is 0 Å². The van der Waals surface area contributed by atoms with Gasteiger partial charge in [0, 0.05) is 31.6 Å².